The van der Waals surface area contributed by atoms with Crippen LogP contribution < -0.4 is 31.8 Å². The van der Waals surface area contributed by atoms with Gasteiger partial charge in [-0.1, -0.05) is 0 Å². The molecule has 0 spiro atoms. The van der Waals surface area contributed by atoms with E-state index in [4.69, 9.17) is 22.5 Å². The van der Waals surface area contributed by atoms with Gasteiger partial charge < -0.3 is 0 Å². The second kappa shape index (κ2) is 15.5. The first-order valence-electron chi connectivity index (χ1n) is 14.5. The summed E-state index contributed by atoms with van der Waals surface area (Å²) in [5, 5.41) is 5.26. The summed E-state index contributed by atoms with van der Waals surface area (Å²) in [7, 11) is 0. The van der Waals surface area contributed by atoms with E-state index in [1.165, 1.54) is 0 Å². The molecular weight excluding hydrogens is 840 g/mol. The molecule has 6 aromatic rings. The van der Waals surface area contributed by atoms with Crippen LogP contribution in [0.4, 0.5) is 0 Å². The van der Waals surface area contributed by atoms with E-state index in [-0.39, 0.29) is 21.1 Å². The molecule has 0 aliphatic rings. The average molecular weight is 871 g/mol. The van der Waals surface area contributed by atoms with Crippen molar-refractivity contribution in [1.82, 2.24) is 0 Å². The van der Waals surface area contributed by atoms with Crippen LogP contribution in [0.15, 0.2) is 182 Å². The number of carbonyl (C=O) groups excluding carboxylic acids is 2. The molecule has 7 heteroatoms. The molecule has 6 rings (SSSR count). The van der Waals surface area contributed by atoms with Crippen LogP contribution in [0.25, 0.3) is 0 Å². The summed E-state index contributed by atoms with van der Waals surface area (Å²) in [5.74, 6) is 2.30. The molecule has 0 fully saturated rings. The van der Waals surface area contributed by atoms with Crippen molar-refractivity contribution >= 4 is 78.1 Å². The summed E-state index contributed by atoms with van der Waals surface area (Å²) in [5.41, 5.74) is 0. The number of halogens is 2. The molecule has 0 saturated carbocycles. The maximum Gasteiger partial charge on any atom is 2.00 e. The van der Waals surface area contributed by atoms with Gasteiger partial charge in [-0.3, -0.25) is 0 Å². The smallest absolute Gasteiger partial charge is 2.00 e. The van der Waals surface area contributed by atoms with Gasteiger partial charge in [-0.25, -0.2) is 0 Å². The topological polar surface area (TPSA) is 34.1 Å². The molecule has 0 heterocycles. The molecule has 0 aliphatic heterocycles. The first-order valence-corrected chi connectivity index (χ1v) is 20.8. The van der Waals surface area contributed by atoms with Crippen LogP contribution in [0.2, 0.25) is 0 Å². The van der Waals surface area contributed by atoms with Crippen LogP contribution in [0.3, 0.4) is 0 Å². The minimum atomic E-state index is -3.63. The van der Waals surface area contributed by atoms with Crippen LogP contribution in [0.5, 0.6) is 0 Å². The molecule has 0 bridgehead atoms. The fourth-order valence-corrected chi connectivity index (χ4v) is 15.2. The number of rotatable bonds is 8. The Morgan fingerprint density at radius 1 is 0.340 bits per heavy atom. The van der Waals surface area contributed by atoms with Crippen LogP contribution >= 0.6 is 34.4 Å². The molecule has 0 radical (unpaired) electrons. The second-order valence-electron chi connectivity index (χ2n) is 10.5. The first kappa shape index (κ1) is 36.2. The van der Waals surface area contributed by atoms with Gasteiger partial charge in [-0.2, -0.15) is 0 Å². The summed E-state index contributed by atoms with van der Waals surface area (Å²) in [6.07, 6.45) is 0. The SMILES string of the molecule is O=C=[C-]P(Cl)(c1ccccc1)(c1ccccc1)c1ccccc1.O=C=[C-]P(Cl)(c1ccccc1)(c1ccccc1)c1ccccc1.[Pt+2]. The summed E-state index contributed by atoms with van der Waals surface area (Å²) < 4.78 is 0. The van der Waals surface area contributed by atoms with E-state index < -0.39 is 11.9 Å². The van der Waals surface area contributed by atoms with Gasteiger partial charge in [0, 0.05) is 0 Å². The molecule has 0 aliphatic carbocycles. The molecular formula is C40H30Cl2O2P2Pt. The quantitative estimate of drug-likeness (QED) is 0.0897. The van der Waals surface area contributed by atoms with Crippen LogP contribution in [-0.4, -0.2) is 11.9 Å². The second-order valence-corrected chi connectivity index (χ2v) is 22.1. The van der Waals surface area contributed by atoms with Crippen molar-refractivity contribution < 1.29 is 30.7 Å². The first-order chi connectivity index (χ1) is 22.4. The third-order valence-electron chi connectivity index (χ3n) is 7.96. The van der Waals surface area contributed by atoms with E-state index in [1.54, 1.807) is 0 Å². The van der Waals surface area contributed by atoms with Gasteiger partial charge >= 0.3 is 302 Å². The van der Waals surface area contributed by atoms with Crippen molar-refractivity contribution in [2.75, 3.05) is 0 Å². The molecule has 47 heavy (non-hydrogen) atoms. The van der Waals surface area contributed by atoms with Crippen LogP contribution in [0, 0.1) is 11.6 Å². The molecule has 6 aromatic carbocycles. The van der Waals surface area contributed by atoms with E-state index >= 15 is 0 Å². The fraction of sp³-hybridized carbons (Fsp3) is 0. The molecule has 2 nitrogen and oxygen atoms in total. The summed E-state index contributed by atoms with van der Waals surface area (Å²) in [4.78, 5) is 22.9. The maximum atomic E-state index is 11.5. The number of benzene rings is 6. The third-order valence-corrected chi connectivity index (χ3v) is 20.6. The van der Waals surface area contributed by atoms with Crippen molar-refractivity contribution in [2.45, 2.75) is 0 Å². The number of hydrogen-bond acceptors (Lipinski definition) is 2. The Morgan fingerprint density at radius 3 is 0.617 bits per heavy atom. The van der Waals surface area contributed by atoms with Gasteiger partial charge in [0.15, 0.2) is 0 Å². The zero-order valence-electron chi connectivity index (χ0n) is 25.1. The van der Waals surface area contributed by atoms with Gasteiger partial charge in [0.05, 0.1) is 0 Å². The predicted molar refractivity (Wildman–Crippen MR) is 200 cm³/mol. The van der Waals surface area contributed by atoms with E-state index in [9.17, 15) is 9.59 Å². The monoisotopic (exact) mass is 869 g/mol. The molecule has 0 atom stereocenters. The predicted octanol–water partition coefficient (Wildman–Crippen LogP) is 7.63. The van der Waals surface area contributed by atoms with Crippen LogP contribution in [-0.2, 0) is 30.7 Å². The minimum absolute atomic E-state index is 0. The zero-order valence-corrected chi connectivity index (χ0v) is 30.7. The van der Waals surface area contributed by atoms with E-state index in [1.807, 2.05) is 194 Å². The van der Waals surface area contributed by atoms with Gasteiger partial charge in [0.25, 0.3) is 0 Å². The van der Waals surface area contributed by atoms with Gasteiger partial charge in [0.1, 0.15) is 0 Å². The molecule has 0 aromatic heterocycles. The Kier molecular flexibility index (Phi) is 11.9. The molecule has 236 valence electrons. The Balaban J connectivity index is 0.000000208. The van der Waals surface area contributed by atoms with Crippen molar-refractivity contribution in [2.24, 2.45) is 0 Å². The van der Waals surface area contributed by atoms with E-state index in [0.717, 1.165) is 31.8 Å². The Bertz CT molecular complexity index is 1640. The molecule has 0 unspecified atom stereocenters. The Hall–Kier alpha value is -3.65. The van der Waals surface area contributed by atoms with Gasteiger partial charge in [-0.15, -0.1) is 0 Å². The number of hydrogen-bond donors (Lipinski definition) is 0. The molecule has 0 saturated heterocycles. The molecule has 0 amide bonds. The average Bonchev–Trinajstić information content (AvgIpc) is 3.14. The van der Waals surface area contributed by atoms with Crippen molar-refractivity contribution in [3.05, 3.63) is 194 Å². The van der Waals surface area contributed by atoms with Crippen molar-refractivity contribution in [3.8, 4) is 0 Å². The van der Waals surface area contributed by atoms with Crippen molar-refractivity contribution in [1.29, 1.82) is 0 Å². The Morgan fingerprint density at radius 2 is 0.489 bits per heavy atom. The van der Waals surface area contributed by atoms with Crippen molar-refractivity contribution in [3.63, 3.8) is 0 Å². The maximum absolute atomic E-state index is 11.5. The zero-order chi connectivity index (χ0) is 32.4. The fourth-order valence-electron chi connectivity index (χ4n) is 5.70. The summed E-state index contributed by atoms with van der Waals surface area (Å²) in [6.45, 7) is 0. The normalized spacial score (nSPS) is 12.4. The van der Waals surface area contributed by atoms with E-state index in [2.05, 4.69) is 11.6 Å². The summed E-state index contributed by atoms with van der Waals surface area (Å²) in [6, 6.07) is 58.2. The Labute approximate surface area is 300 Å². The minimum Gasteiger partial charge on any atom is 2.00 e. The largest absolute Gasteiger partial charge is 2.00 e. The van der Waals surface area contributed by atoms with Gasteiger partial charge in [-0.05, 0) is 0 Å². The third kappa shape index (κ3) is 6.58. The van der Waals surface area contributed by atoms with E-state index in [0.29, 0.717) is 0 Å². The van der Waals surface area contributed by atoms with Gasteiger partial charge in [0.2, 0.25) is 0 Å². The summed E-state index contributed by atoms with van der Waals surface area (Å²) >= 11 is 14.9. The molecule has 0 N–H and O–H groups in total. The van der Waals surface area contributed by atoms with Crippen LogP contribution in [0.1, 0.15) is 0 Å². The standard InChI is InChI=1S/2C20H15ClOP.Pt/c2*21-23(17-16-22,18-10-4-1-5-11-18,19-12-6-2-7-13-19)20-14-8-3-9-15-20;/h2*1-15H;/q2*-1;+2.